The Labute approximate surface area is 48.8 Å². The highest BCUT2D eigenvalue weighted by molar-refractivity contribution is 5.87. The SMILES string of the molecule is CC(=O)/C=C/CCO. The summed E-state index contributed by atoms with van der Waals surface area (Å²) < 4.78 is 0. The van der Waals surface area contributed by atoms with Crippen molar-refractivity contribution in [3.05, 3.63) is 12.2 Å². The maximum Gasteiger partial charge on any atom is 0.152 e. The molecule has 0 aliphatic heterocycles. The summed E-state index contributed by atoms with van der Waals surface area (Å²) in [5, 5.41) is 8.22. The van der Waals surface area contributed by atoms with E-state index in [-0.39, 0.29) is 12.4 Å². The summed E-state index contributed by atoms with van der Waals surface area (Å²) in [4.78, 5) is 10.2. The second-order valence-electron chi connectivity index (χ2n) is 1.53. The monoisotopic (exact) mass is 114 g/mol. The van der Waals surface area contributed by atoms with E-state index in [1.807, 2.05) is 0 Å². The van der Waals surface area contributed by atoms with Crippen LogP contribution in [0.4, 0.5) is 0 Å². The van der Waals surface area contributed by atoms with Gasteiger partial charge in [0.05, 0.1) is 0 Å². The van der Waals surface area contributed by atoms with Crippen molar-refractivity contribution >= 4 is 5.78 Å². The van der Waals surface area contributed by atoms with E-state index >= 15 is 0 Å². The number of hydrogen-bond donors (Lipinski definition) is 1. The topological polar surface area (TPSA) is 37.3 Å². The third kappa shape index (κ3) is 5.37. The summed E-state index contributed by atoms with van der Waals surface area (Å²) in [6, 6.07) is 0. The van der Waals surface area contributed by atoms with Gasteiger partial charge >= 0.3 is 0 Å². The minimum Gasteiger partial charge on any atom is -0.396 e. The van der Waals surface area contributed by atoms with Gasteiger partial charge < -0.3 is 5.11 Å². The average Bonchev–Trinajstić information content (AvgIpc) is 1.66. The molecule has 0 rings (SSSR count). The Hall–Kier alpha value is -0.630. The molecule has 46 valence electrons. The standard InChI is InChI=1S/C6H10O2/c1-6(8)4-2-3-5-7/h2,4,7H,3,5H2,1H3/b4-2+. The van der Waals surface area contributed by atoms with Gasteiger partial charge in [0.25, 0.3) is 0 Å². The van der Waals surface area contributed by atoms with Crippen molar-refractivity contribution in [2.75, 3.05) is 6.61 Å². The van der Waals surface area contributed by atoms with Crippen LogP contribution in [-0.2, 0) is 4.79 Å². The summed E-state index contributed by atoms with van der Waals surface area (Å²) >= 11 is 0. The van der Waals surface area contributed by atoms with Crippen LogP contribution in [-0.4, -0.2) is 17.5 Å². The Morgan fingerprint density at radius 2 is 2.38 bits per heavy atom. The largest absolute Gasteiger partial charge is 0.396 e. The lowest BCUT2D eigenvalue weighted by Gasteiger charge is -1.80. The van der Waals surface area contributed by atoms with E-state index in [4.69, 9.17) is 5.11 Å². The molecule has 0 atom stereocenters. The molecular formula is C6H10O2. The first-order chi connectivity index (χ1) is 3.77. The van der Waals surface area contributed by atoms with Crippen LogP contribution in [0.3, 0.4) is 0 Å². The van der Waals surface area contributed by atoms with Crippen molar-refractivity contribution in [2.45, 2.75) is 13.3 Å². The van der Waals surface area contributed by atoms with E-state index in [0.717, 1.165) is 0 Å². The van der Waals surface area contributed by atoms with Gasteiger partial charge in [0, 0.05) is 6.61 Å². The molecule has 0 aromatic rings. The number of aliphatic hydroxyl groups excluding tert-OH is 1. The van der Waals surface area contributed by atoms with E-state index < -0.39 is 0 Å². The Bertz CT molecular complexity index is 94.7. The molecule has 0 amide bonds. The summed E-state index contributed by atoms with van der Waals surface area (Å²) in [6.45, 7) is 1.59. The molecule has 2 heteroatoms. The van der Waals surface area contributed by atoms with Crippen molar-refractivity contribution in [1.82, 2.24) is 0 Å². The van der Waals surface area contributed by atoms with E-state index in [2.05, 4.69) is 0 Å². The Morgan fingerprint density at radius 1 is 1.75 bits per heavy atom. The van der Waals surface area contributed by atoms with Gasteiger partial charge in [-0.15, -0.1) is 0 Å². The molecule has 0 saturated carbocycles. The lowest BCUT2D eigenvalue weighted by atomic mass is 10.3. The third-order valence-corrected chi connectivity index (χ3v) is 0.648. The van der Waals surface area contributed by atoms with E-state index in [9.17, 15) is 4.79 Å². The second kappa shape index (κ2) is 4.53. The quantitative estimate of drug-likeness (QED) is 0.543. The van der Waals surface area contributed by atoms with Crippen molar-refractivity contribution < 1.29 is 9.90 Å². The van der Waals surface area contributed by atoms with Crippen molar-refractivity contribution in [2.24, 2.45) is 0 Å². The Morgan fingerprint density at radius 3 is 2.75 bits per heavy atom. The minimum absolute atomic E-state index is 0.0263. The van der Waals surface area contributed by atoms with Crippen molar-refractivity contribution in [3.63, 3.8) is 0 Å². The Kier molecular flexibility index (Phi) is 4.17. The molecular weight excluding hydrogens is 104 g/mol. The molecule has 0 aliphatic rings. The molecule has 0 fully saturated rings. The number of aliphatic hydroxyl groups is 1. The van der Waals surface area contributed by atoms with Crippen LogP contribution < -0.4 is 0 Å². The van der Waals surface area contributed by atoms with Gasteiger partial charge in [-0.3, -0.25) is 4.79 Å². The van der Waals surface area contributed by atoms with Gasteiger partial charge in [-0.25, -0.2) is 0 Å². The minimum atomic E-state index is 0.0263. The first kappa shape index (κ1) is 7.37. The molecule has 0 aromatic heterocycles. The molecule has 0 saturated heterocycles. The van der Waals surface area contributed by atoms with Crippen LogP contribution >= 0.6 is 0 Å². The van der Waals surface area contributed by atoms with Gasteiger partial charge in [0.1, 0.15) is 0 Å². The maximum atomic E-state index is 10.2. The number of hydrogen-bond acceptors (Lipinski definition) is 2. The number of allylic oxidation sites excluding steroid dienone is 1. The highest BCUT2D eigenvalue weighted by atomic mass is 16.2. The van der Waals surface area contributed by atoms with Crippen LogP contribution in [0.1, 0.15) is 13.3 Å². The van der Waals surface area contributed by atoms with Crippen LogP contribution in [0, 0.1) is 0 Å². The molecule has 0 aromatic carbocycles. The lowest BCUT2D eigenvalue weighted by molar-refractivity contribution is -0.112. The first-order valence-corrected chi connectivity index (χ1v) is 2.55. The normalized spacial score (nSPS) is 10.2. The fraction of sp³-hybridized carbons (Fsp3) is 0.500. The summed E-state index contributed by atoms with van der Waals surface area (Å²) in [5.74, 6) is 0.0263. The van der Waals surface area contributed by atoms with Gasteiger partial charge in [0.2, 0.25) is 0 Å². The molecule has 1 N–H and O–H groups in total. The van der Waals surface area contributed by atoms with Gasteiger partial charge in [-0.1, -0.05) is 6.08 Å². The van der Waals surface area contributed by atoms with Crippen LogP contribution in [0.25, 0.3) is 0 Å². The molecule has 2 nitrogen and oxygen atoms in total. The third-order valence-electron chi connectivity index (χ3n) is 0.648. The molecule has 0 spiro atoms. The van der Waals surface area contributed by atoms with Crippen LogP contribution in [0.5, 0.6) is 0 Å². The number of ketones is 1. The van der Waals surface area contributed by atoms with Crippen molar-refractivity contribution in [1.29, 1.82) is 0 Å². The van der Waals surface area contributed by atoms with Gasteiger partial charge in [0.15, 0.2) is 5.78 Å². The second-order valence-corrected chi connectivity index (χ2v) is 1.53. The first-order valence-electron chi connectivity index (χ1n) is 2.55. The Balaban J connectivity index is 3.20. The predicted octanol–water partition coefficient (Wildman–Crippen LogP) is 0.514. The fourth-order valence-corrected chi connectivity index (χ4v) is 0.324. The molecule has 0 radical (unpaired) electrons. The zero-order valence-electron chi connectivity index (χ0n) is 4.92. The average molecular weight is 114 g/mol. The molecule has 0 bridgehead atoms. The lowest BCUT2D eigenvalue weighted by Crippen LogP contribution is -1.81. The predicted molar refractivity (Wildman–Crippen MR) is 31.5 cm³/mol. The molecule has 0 unspecified atom stereocenters. The number of rotatable bonds is 3. The fourth-order valence-electron chi connectivity index (χ4n) is 0.324. The maximum absolute atomic E-state index is 10.2. The summed E-state index contributed by atoms with van der Waals surface area (Å²) in [5.41, 5.74) is 0. The number of carbonyl (C=O) groups excluding carboxylic acids is 1. The van der Waals surface area contributed by atoms with Crippen LogP contribution in [0.15, 0.2) is 12.2 Å². The van der Waals surface area contributed by atoms with E-state index in [1.165, 1.54) is 13.0 Å². The van der Waals surface area contributed by atoms with E-state index in [0.29, 0.717) is 6.42 Å². The smallest absolute Gasteiger partial charge is 0.152 e. The summed E-state index contributed by atoms with van der Waals surface area (Å²) in [6.07, 6.45) is 3.68. The van der Waals surface area contributed by atoms with Gasteiger partial charge in [-0.2, -0.15) is 0 Å². The highest BCUT2D eigenvalue weighted by Crippen LogP contribution is 1.79. The van der Waals surface area contributed by atoms with E-state index in [1.54, 1.807) is 6.08 Å². The highest BCUT2D eigenvalue weighted by Gasteiger charge is 1.78. The van der Waals surface area contributed by atoms with Crippen molar-refractivity contribution in [3.8, 4) is 0 Å². The zero-order chi connectivity index (χ0) is 6.41. The zero-order valence-corrected chi connectivity index (χ0v) is 4.92. The van der Waals surface area contributed by atoms with Gasteiger partial charge in [-0.05, 0) is 19.4 Å². The van der Waals surface area contributed by atoms with Crippen LogP contribution in [0.2, 0.25) is 0 Å². The molecule has 0 aliphatic carbocycles. The molecule has 0 heterocycles. The number of carbonyl (C=O) groups is 1. The summed E-state index contributed by atoms with van der Waals surface area (Å²) in [7, 11) is 0. The molecule has 8 heavy (non-hydrogen) atoms.